The third-order valence-electron chi connectivity index (χ3n) is 1.98. The van der Waals surface area contributed by atoms with Gasteiger partial charge in [0.15, 0.2) is 0 Å². The van der Waals surface area contributed by atoms with Gasteiger partial charge < -0.3 is 4.42 Å². The number of rotatable bonds is 3. The van der Waals surface area contributed by atoms with Crippen LogP contribution >= 0.6 is 10.7 Å². The maximum absolute atomic E-state index is 12.0. The largest absolute Gasteiger partial charge is 0.409 e. The van der Waals surface area contributed by atoms with E-state index in [2.05, 4.69) is 14.0 Å². The maximum Gasteiger partial charge on any atom is 0.347 e. The second-order valence-corrected chi connectivity index (χ2v) is 8.07. The van der Waals surface area contributed by atoms with Crippen LogP contribution in [-0.2, 0) is 19.0 Å². The lowest BCUT2D eigenvalue weighted by Gasteiger charge is -1.95. The predicted octanol–water partition coefficient (Wildman–Crippen LogP) is 1.68. The van der Waals surface area contributed by atoms with Gasteiger partial charge in [-0.25, -0.2) is 4.21 Å². The molecule has 19 heavy (non-hydrogen) atoms. The molecule has 1 atom stereocenters. The fraction of sp³-hybridized carbons (Fsp3) is 0.111. The Morgan fingerprint density at radius 3 is 2.37 bits per heavy atom. The van der Waals surface area contributed by atoms with Crippen LogP contribution < -0.4 is 0 Å². The minimum Gasteiger partial charge on any atom is -0.409 e. The lowest BCUT2D eigenvalue weighted by Crippen LogP contribution is -2.00. The lowest BCUT2D eigenvalue weighted by molar-refractivity contribution is 0.455. The van der Waals surface area contributed by atoms with E-state index in [9.17, 15) is 12.6 Å². The van der Waals surface area contributed by atoms with Gasteiger partial charge in [0, 0.05) is 22.5 Å². The molecule has 0 amide bonds. The Bertz CT molecular complexity index is 807. The van der Waals surface area contributed by atoms with Gasteiger partial charge in [-0.05, 0) is 12.1 Å². The van der Waals surface area contributed by atoms with Gasteiger partial charge >= 0.3 is 14.5 Å². The molecule has 1 unspecified atom stereocenters. The quantitative estimate of drug-likeness (QED) is 0.797. The highest BCUT2D eigenvalue weighted by atomic mass is 35.7. The molecule has 0 saturated carbocycles. The van der Waals surface area contributed by atoms with Gasteiger partial charge in [0.1, 0.15) is 9.73 Å². The van der Waals surface area contributed by atoms with Crippen molar-refractivity contribution in [2.45, 2.75) is 5.22 Å². The highest BCUT2D eigenvalue weighted by Crippen LogP contribution is 2.20. The molecule has 1 heterocycles. The first-order chi connectivity index (χ1) is 8.78. The van der Waals surface area contributed by atoms with Crippen molar-refractivity contribution in [2.75, 3.05) is 6.26 Å². The Balaban J connectivity index is 2.49. The summed E-state index contributed by atoms with van der Waals surface area (Å²) >= 11 is 0. The van der Waals surface area contributed by atoms with E-state index in [1.807, 2.05) is 0 Å². The van der Waals surface area contributed by atoms with Crippen LogP contribution in [0, 0.1) is 0 Å². The molecule has 0 saturated heterocycles. The Labute approximate surface area is 114 Å². The molecule has 7 nitrogen and oxygen atoms in total. The van der Waals surface area contributed by atoms with Crippen molar-refractivity contribution in [1.82, 2.24) is 10.2 Å². The summed E-state index contributed by atoms with van der Waals surface area (Å²) in [5.74, 6) is 0.118. The molecule has 0 N–H and O–H groups in total. The minimum atomic E-state index is -4.29. The van der Waals surface area contributed by atoms with Crippen LogP contribution in [0.4, 0.5) is 0 Å². The topological polar surface area (TPSA) is 102 Å². The molecule has 0 spiro atoms. The van der Waals surface area contributed by atoms with Gasteiger partial charge in [-0.15, -0.1) is 5.10 Å². The molecule has 0 aliphatic rings. The first-order valence-corrected chi connectivity index (χ1v) is 9.04. The van der Waals surface area contributed by atoms with E-state index in [0.29, 0.717) is 5.56 Å². The Morgan fingerprint density at radius 2 is 1.79 bits per heavy atom. The van der Waals surface area contributed by atoms with E-state index in [1.165, 1.54) is 0 Å². The van der Waals surface area contributed by atoms with Crippen LogP contribution in [0.1, 0.15) is 0 Å². The zero-order valence-electron chi connectivity index (χ0n) is 9.56. The third-order valence-corrected chi connectivity index (χ3v) is 5.15. The summed E-state index contributed by atoms with van der Waals surface area (Å²) in [4.78, 5) is 0. The number of hydrogen-bond acceptors (Lipinski definition) is 6. The molecular formula is C9H8ClN3O4S2. The molecule has 0 fully saturated rings. The molecule has 0 aliphatic heterocycles. The molecule has 10 heteroatoms. The van der Waals surface area contributed by atoms with E-state index in [0.717, 1.165) is 6.26 Å². The molecule has 0 aliphatic carbocycles. The number of hydrogen-bond donors (Lipinski definition) is 0. The standard InChI is InChI=1S/C9H8ClN3O4S2/c1-18(14,13-19(10,15)16)9-12-11-8(17-9)7-5-3-2-4-6-7/h2-6H,1H3. The lowest BCUT2D eigenvalue weighted by atomic mass is 10.2. The molecule has 2 aromatic rings. The van der Waals surface area contributed by atoms with Crippen LogP contribution in [0.15, 0.2) is 43.7 Å². The van der Waals surface area contributed by atoms with Crippen molar-refractivity contribution in [3.63, 3.8) is 0 Å². The molecule has 102 valence electrons. The van der Waals surface area contributed by atoms with Crippen molar-refractivity contribution >= 4 is 29.6 Å². The Kier molecular flexibility index (Phi) is 3.61. The van der Waals surface area contributed by atoms with Crippen LogP contribution in [0.2, 0.25) is 0 Å². The summed E-state index contributed by atoms with van der Waals surface area (Å²) in [5.41, 5.74) is 0.616. The molecule has 1 aromatic carbocycles. The normalized spacial score (nSPS) is 14.8. The summed E-state index contributed by atoms with van der Waals surface area (Å²) in [6, 6.07) is 8.75. The van der Waals surface area contributed by atoms with Crippen LogP contribution in [0.5, 0.6) is 0 Å². The van der Waals surface area contributed by atoms with Crippen molar-refractivity contribution in [3.8, 4) is 11.5 Å². The van der Waals surface area contributed by atoms with Gasteiger partial charge in [-0.2, -0.15) is 8.42 Å². The molecule has 0 radical (unpaired) electrons. The second kappa shape index (κ2) is 4.91. The number of aromatic nitrogens is 2. The number of benzene rings is 1. The first-order valence-electron chi connectivity index (χ1n) is 4.85. The first kappa shape index (κ1) is 14.0. The van der Waals surface area contributed by atoms with Crippen LogP contribution in [-0.4, -0.2) is 29.1 Å². The van der Waals surface area contributed by atoms with Crippen molar-refractivity contribution in [2.24, 2.45) is 3.77 Å². The Hall–Kier alpha value is -1.45. The maximum atomic E-state index is 12.0. The van der Waals surface area contributed by atoms with Crippen LogP contribution in [0.3, 0.4) is 0 Å². The van der Waals surface area contributed by atoms with E-state index in [4.69, 9.17) is 15.1 Å². The fourth-order valence-electron chi connectivity index (χ4n) is 1.26. The zero-order valence-corrected chi connectivity index (χ0v) is 11.9. The van der Waals surface area contributed by atoms with E-state index in [-0.39, 0.29) is 5.89 Å². The van der Waals surface area contributed by atoms with E-state index in [1.54, 1.807) is 30.3 Å². The van der Waals surface area contributed by atoms with Gasteiger partial charge in [-0.1, -0.05) is 27.1 Å². The monoisotopic (exact) mass is 321 g/mol. The van der Waals surface area contributed by atoms with Crippen molar-refractivity contribution in [1.29, 1.82) is 0 Å². The summed E-state index contributed by atoms with van der Waals surface area (Å²) < 4.78 is 41.8. The molecule has 1 aromatic heterocycles. The summed E-state index contributed by atoms with van der Waals surface area (Å²) in [6.07, 6.45) is 1.05. The highest BCUT2D eigenvalue weighted by Gasteiger charge is 2.19. The summed E-state index contributed by atoms with van der Waals surface area (Å²) in [6.45, 7) is 0. The highest BCUT2D eigenvalue weighted by molar-refractivity contribution is 8.17. The summed E-state index contributed by atoms with van der Waals surface area (Å²) in [7, 11) is -2.75. The van der Waals surface area contributed by atoms with Crippen LogP contribution in [0.25, 0.3) is 11.5 Å². The minimum absolute atomic E-state index is 0.118. The average Bonchev–Trinajstić information content (AvgIpc) is 2.77. The number of halogens is 1. The van der Waals surface area contributed by atoms with Gasteiger partial charge in [0.05, 0.1) is 0 Å². The van der Waals surface area contributed by atoms with Gasteiger partial charge in [0.25, 0.3) is 0 Å². The third kappa shape index (κ3) is 3.52. The smallest absolute Gasteiger partial charge is 0.347 e. The molecule has 2 rings (SSSR count). The van der Waals surface area contributed by atoms with Crippen molar-refractivity contribution in [3.05, 3.63) is 30.3 Å². The molecular weight excluding hydrogens is 314 g/mol. The SMILES string of the molecule is CS(=O)(=NS(=O)(=O)Cl)c1nnc(-c2ccccc2)o1. The average molecular weight is 322 g/mol. The second-order valence-electron chi connectivity index (χ2n) is 3.53. The fourth-order valence-corrected chi connectivity index (χ4v) is 4.27. The Morgan fingerprint density at radius 1 is 1.16 bits per heavy atom. The van der Waals surface area contributed by atoms with Gasteiger partial charge in [0.2, 0.25) is 5.89 Å². The number of nitrogens with zero attached hydrogens (tertiary/aromatic N) is 3. The zero-order chi connectivity index (χ0) is 14.1. The van der Waals surface area contributed by atoms with Crippen molar-refractivity contribution < 1.29 is 17.0 Å². The van der Waals surface area contributed by atoms with Gasteiger partial charge in [-0.3, -0.25) is 0 Å². The summed E-state index contributed by atoms with van der Waals surface area (Å²) in [5, 5.41) is 6.84. The predicted molar refractivity (Wildman–Crippen MR) is 69.3 cm³/mol. The van der Waals surface area contributed by atoms with E-state index >= 15 is 0 Å². The van der Waals surface area contributed by atoms with E-state index < -0.39 is 24.2 Å². The molecule has 0 bridgehead atoms.